The molecule has 0 saturated heterocycles. The number of nitrogens with zero attached hydrogens (tertiary/aromatic N) is 1. The molecule has 2 N–H and O–H groups in total. The summed E-state index contributed by atoms with van der Waals surface area (Å²) < 4.78 is 5.67. The van der Waals surface area contributed by atoms with Gasteiger partial charge in [-0.3, -0.25) is 9.59 Å². The van der Waals surface area contributed by atoms with Gasteiger partial charge in [0, 0.05) is 25.6 Å². The summed E-state index contributed by atoms with van der Waals surface area (Å²) in [5.41, 5.74) is 3.93. The van der Waals surface area contributed by atoms with Crippen molar-refractivity contribution in [3.8, 4) is 11.1 Å². The minimum atomic E-state index is -0.925. The van der Waals surface area contributed by atoms with Crippen molar-refractivity contribution in [1.29, 1.82) is 0 Å². The molecule has 1 fully saturated rings. The van der Waals surface area contributed by atoms with E-state index in [1.54, 1.807) is 4.90 Å². The highest BCUT2D eigenvalue weighted by atomic mass is 16.5. The van der Waals surface area contributed by atoms with E-state index in [2.05, 4.69) is 29.6 Å². The smallest absolute Gasteiger partial charge is 0.407 e. The zero-order valence-corrected chi connectivity index (χ0v) is 20.3. The first kappa shape index (κ1) is 24.8. The van der Waals surface area contributed by atoms with Crippen molar-refractivity contribution in [2.45, 2.75) is 51.4 Å². The quantitative estimate of drug-likeness (QED) is 0.540. The molecule has 2 amide bonds. The van der Waals surface area contributed by atoms with Crippen LogP contribution in [0.1, 0.15) is 62.5 Å². The van der Waals surface area contributed by atoms with E-state index < -0.39 is 17.5 Å². The summed E-state index contributed by atoms with van der Waals surface area (Å²) in [6.07, 6.45) is 3.62. The molecule has 186 valence electrons. The largest absolute Gasteiger partial charge is 0.481 e. The summed E-state index contributed by atoms with van der Waals surface area (Å²) in [4.78, 5) is 38.9. The minimum Gasteiger partial charge on any atom is -0.481 e. The second kappa shape index (κ2) is 10.9. The van der Waals surface area contributed by atoms with Gasteiger partial charge >= 0.3 is 12.1 Å². The van der Waals surface area contributed by atoms with Crippen LogP contribution < -0.4 is 5.32 Å². The highest BCUT2D eigenvalue weighted by Crippen LogP contribution is 2.44. The number of fused-ring (bicyclic) bond motifs is 3. The van der Waals surface area contributed by atoms with Crippen LogP contribution >= 0.6 is 0 Å². The Morgan fingerprint density at radius 1 is 1.00 bits per heavy atom. The van der Waals surface area contributed by atoms with Crippen LogP contribution in [-0.2, 0) is 14.3 Å². The topological polar surface area (TPSA) is 95.9 Å². The Bertz CT molecular complexity index is 1030. The molecule has 7 nitrogen and oxygen atoms in total. The van der Waals surface area contributed by atoms with Gasteiger partial charge in [0.05, 0.1) is 11.8 Å². The second-order valence-corrected chi connectivity index (χ2v) is 9.55. The highest BCUT2D eigenvalue weighted by Gasteiger charge is 2.42. The van der Waals surface area contributed by atoms with Crippen molar-refractivity contribution in [2.75, 3.05) is 26.2 Å². The molecular weight excluding hydrogens is 444 g/mol. The molecule has 1 saturated carbocycles. The Hall–Kier alpha value is -3.35. The van der Waals surface area contributed by atoms with Crippen LogP contribution in [0.3, 0.4) is 0 Å². The third-order valence-corrected chi connectivity index (χ3v) is 7.44. The van der Waals surface area contributed by atoms with E-state index in [-0.39, 0.29) is 37.9 Å². The van der Waals surface area contributed by atoms with Crippen molar-refractivity contribution in [3.63, 3.8) is 0 Å². The number of aliphatic carboxylic acids is 1. The van der Waals surface area contributed by atoms with E-state index in [9.17, 15) is 14.4 Å². The Morgan fingerprint density at radius 2 is 1.60 bits per heavy atom. The van der Waals surface area contributed by atoms with E-state index in [0.717, 1.165) is 30.4 Å². The summed E-state index contributed by atoms with van der Waals surface area (Å²) in [6, 6.07) is 16.4. The Kier molecular flexibility index (Phi) is 7.73. The van der Waals surface area contributed by atoms with Gasteiger partial charge in [-0.15, -0.1) is 0 Å². The lowest BCUT2D eigenvalue weighted by Crippen LogP contribution is -2.51. The summed E-state index contributed by atoms with van der Waals surface area (Å²) >= 11 is 0. The van der Waals surface area contributed by atoms with Gasteiger partial charge in [-0.1, -0.05) is 67.8 Å². The average molecular weight is 479 g/mol. The summed E-state index contributed by atoms with van der Waals surface area (Å²) in [5.74, 6) is -1.02. The predicted molar refractivity (Wildman–Crippen MR) is 133 cm³/mol. The zero-order chi connectivity index (χ0) is 24.8. The van der Waals surface area contributed by atoms with Gasteiger partial charge in [0.1, 0.15) is 6.61 Å². The van der Waals surface area contributed by atoms with Crippen molar-refractivity contribution in [3.05, 3.63) is 59.7 Å². The molecule has 0 heterocycles. The Labute approximate surface area is 206 Å². The molecule has 0 bridgehead atoms. The number of alkyl carbamates (subject to hydrolysis) is 1. The molecular formula is C28H34N2O5. The first-order valence-corrected chi connectivity index (χ1v) is 12.6. The molecule has 0 aromatic heterocycles. The van der Waals surface area contributed by atoms with Crippen molar-refractivity contribution >= 4 is 18.0 Å². The molecule has 2 aromatic carbocycles. The lowest BCUT2D eigenvalue weighted by molar-refractivity contribution is -0.145. The lowest BCUT2D eigenvalue weighted by Gasteiger charge is -2.39. The molecule has 0 aliphatic heterocycles. The monoisotopic (exact) mass is 478 g/mol. The standard InChI is InChI=1S/C28H34N2O5/c1-2-30(17-14-25(31)32)26(33)28(15-8-3-9-16-28)19-29-27(34)35-18-24-22-12-6-4-10-20(22)21-11-5-7-13-23(21)24/h4-7,10-13,24H,2-3,8-9,14-19H2,1H3,(H,29,34)(H,31,32). The number of hydrogen-bond acceptors (Lipinski definition) is 4. The van der Waals surface area contributed by atoms with Crippen LogP contribution in [-0.4, -0.2) is 54.2 Å². The maximum absolute atomic E-state index is 13.5. The maximum Gasteiger partial charge on any atom is 0.407 e. The normalized spacial score (nSPS) is 16.1. The fourth-order valence-electron chi connectivity index (χ4n) is 5.55. The van der Waals surface area contributed by atoms with Gasteiger partial charge < -0.3 is 20.1 Å². The van der Waals surface area contributed by atoms with E-state index in [1.165, 1.54) is 11.1 Å². The van der Waals surface area contributed by atoms with E-state index in [4.69, 9.17) is 9.84 Å². The van der Waals surface area contributed by atoms with Gasteiger partial charge in [-0.25, -0.2) is 4.79 Å². The number of amides is 2. The van der Waals surface area contributed by atoms with Crippen molar-refractivity contribution in [2.24, 2.45) is 5.41 Å². The summed E-state index contributed by atoms with van der Waals surface area (Å²) in [5, 5.41) is 11.9. The SMILES string of the molecule is CCN(CCC(=O)O)C(=O)C1(CNC(=O)OCC2c3ccccc3-c3ccccc32)CCCCC1. The van der Waals surface area contributed by atoms with Crippen LogP contribution in [0.15, 0.2) is 48.5 Å². The molecule has 2 aromatic rings. The minimum absolute atomic E-state index is 0.0231. The van der Waals surface area contributed by atoms with Crippen molar-refractivity contribution < 1.29 is 24.2 Å². The number of ether oxygens (including phenoxy) is 1. The Balaban J connectivity index is 1.40. The van der Waals surface area contributed by atoms with E-state index in [1.807, 2.05) is 31.2 Å². The van der Waals surface area contributed by atoms with E-state index >= 15 is 0 Å². The van der Waals surface area contributed by atoms with Gasteiger partial charge in [0.15, 0.2) is 0 Å². The van der Waals surface area contributed by atoms with E-state index in [0.29, 0.717) is 19.4 Å². The highest BCUT2D eigenvalue weighted by molar-refractivity contribution is 5.84. The number of carbonyl (C=O) groups excluding carboxylic acids is 2. The summed E-state index contributed by atoms with van der Waals surface area (Å²) in [7, 11) is 0. The van der Waals surface area contributed by atoms with Gasteiger partial charge in [0.2, 0.25) is 5.91 Å². The molecule has 0 spiro atoms. The molecule has 0 radical (unpaired) electrons. The van der Waals surface area contributed by atoms with Crippen LogP contribution in [0.5, 0.6) is 0 Å². The fourth-order valence-corrected chi connectivity index (χ4v) is 5.55. The second-order valence-electron chi connectivity index (χ2n) is 9.55. The van der Waals surface area contributed by atoms with Crippen LogP contribution in [0.4, 0.5) is 4.79 Å². The van der Waals surface area contributed by atoms with Gasteiger partial charge in [-0.05, 0) is 42.0 Å². The number of carbonyl (C=O) groups is 3. The number of carboxylic acid groups (broad SMARTS) is 1. The predicted octanol–water partition coefficient (Wildman–Crippen LogP) is 4.80. The third-order valence-electron chi connectivity index (χ3n) is 7.44. The molecule has 2 aliphatic carbocycles. The molecule has 7 heteroatoms. The number of rotatable bonds is 9. The number of nitrogens with one attached hydrogen (secondary N) is 1. The number of carboxylic acids is 1. The first-order chi connectivity index (χ1) is 16.9. The van der Waals surface area contributed by atoms with Crippen LogP contribution in [0.2, 0.25) is 0 Å². The molecule has 2 aliphatic rings. The fraction of sp³-hybridized carbons (Fsp3) is 0.464. The third kappa shape index (κ3) is 5.34. The van der Waals surface area contributed by atoms with Crippen LogP contribution in [0.25, 0.3) is 11.1 Å². The molecule has 4 rings (SSSR count). The van der Waals surface area contributed by atoms with Crippen LogP contribution in [0, 0.1) is 5.41 Å². The zero-order valence-electron chi connectivity index (χ0n) is 20.3. The maximum atomic E-state index is 13.5. The van der Waals surface area contributed by atoms with Gasteiger partial charge in [-0.2, -0.15) is 0 Å². The number of hydrogen-bond donors (Lipinski definition) is 2. The molecule has 0 atom stereocenters. The lowest BCUT2D eigenvalue weighted by atomic mass is 9.72. The summed E-state index contributed by atoms with van der Waals surface area (Å²) in [6.45, 7) is 2.90. The Morgan fingerprint density at radius 3 is 2.17 bits per heavy atom. The molecule has 0 unspecified atom stereocenters. The van der Waals surface area contributed by atoms with Crippen molar-refractivity contribution in [1.82, 2.24) is 10.2 Å². The first-order valence-electron chi connectivity index (χ1n) is 12.6. The molecule has 35 heavy (non-hydrogen) atoms. The average Bonchev–Trinajstić information content (AvgIpc) is 3.20. The van der Waals surface area contributed by atoms with Gasteiger partial charge in [0.25, 0.3) is 0 Å². The number of benzene rings is 2.